The summed E-state index contributed by atoms with van der Waals surface area (Å²) in [4.78, 5) is 11.8. The summed E-state index contributed by atoms with van der Waals surface area (Å²) in [6.07, 6.45) is 7.81. The maximum absolute atomic E-state index is 11.8. The van der Waals surface area contributed by atoms with Crippen molar-refractivity contribution in [1.82, 2.24) is 5.32 Å². The van der Waals surface area contributed by atoms with Crippen molar-refractivity contribution in [2.24, 2.45) is 11.8 Å². The Bertz CT molecular complexity index is 272. The monoisotopic (exact) mass is 206 g/mol. The van der Waals surface area contributed by atoms with E-state index in [9.17, 15) is 4.79 Å². The van der Waals surface area contributed by atoms with Gasteiger partial charge in [0.25, 0.3) is 0 Å². The van der Waals surface area contributed by atoms with Crippen LogP contribution >= 0.6 is 0 Å². The molecule has 2 rings (SSSR count). The van der Waals surface area contributed by atoms with Crippen LogP contribution in [0.15, 0.2) is 0 Å². The number of hydrogen-bond acceptors (Lipinski definition) is 2. The molecule has 0 aromatic heterocycles. The van der Waals surface area contributed by atoms with Crippen molar-refractivity contribution in [3.05, 3.63) is 0 Å². The van der Waals surface area contributed by atoms with E-state index in [4.69, 9.17) is 5.26 Å². The number of rotatable bonds is 3. The Hall–Kier alpha value is -1.04. The first-order chi connectivity index (χ1) is 7.31. The lowest BCUT2D eigenvalue weighted by Crippen LogP contribution is -2.39. The maximum atomic E-state index is 11.8. The van der Waals surface area contributed by atoms with E-state index in [-0.39, 0.29) is 17.9 Å². The summed E-state index contributed by atoms with van der Waals surface area (Å²) < 4.78 is 0. The SMILES string of the molecule is N#CC(NC(=O)C1CCCCC1)C1CC1. The first-order valence-electron chi connectivity index (χ1n) is 6.01. The van der Waals surface area contributed by atoms with Gasteiger partial charge < -0.3 is 5.32 Å². The van der Waals surface area contributed by atoms with Crippen LogP contribution in [0.4, 0.5) is 0 Å². The average molecular weight is 206 g/mol. The normalized spacial score (nSPS) is 24.2. The van der Waals surface area contributed by atoms with Gasteiger partial charge in [0.15, 0.2) is 0 Å². The summed E-state index contributed by atoms with van der Waals surface area (Å²) in [5.74, 6) is 0.726. The number of nitriles is 1. The number of carbonyl (C=O) groups is 1. The van der Waals surface area contributed by atoms with Crippen LogP contribution in [0.3, 0.4) is 0 Å². The first kappa shape index (κ1) is 10.5. The molecule has 2 saturated carbocycles. The lowest BCUT2D eigenvalue weighted by Gasteiger charge is -2.22. The van der Waals surface area contributed by atoms with Gasteiger partial charge in [-0.1, -0.05) is 19.3 Å². The Morgan fingerprint density at radius 2 is 1.87 bits per heavy atom. The minimum atomic E-state index is -0.223. The highest BCUT2D eigenvalue weighted by Gasteiger charge is 2.33. The molecule has 1 atom stereocenters. The van der Waals surface area contributed by atoms with Gasteiger partial charge in [0.2, 0.25) is 5.91 Å². The van der Waals surface area contributed by atoms with Gasteiger partial charge in [0.05, 0.1) is 6.07 Å². The Morgan fingerprint density at radius 1 is 1.20 bits per heavy atom. The average Bonchev–Trinajstić information content (AvgIpc) is 3.10. The topological polar surface area (TPSA) is 52.9 Å². The molecule has 0 heterocycles. The molecule has 1 amide bonds. The molecular weight excluding hydrogens is 188 g/mol. The van der Waals surface area contributed by atoms with E-state index >= 15 is 0 Å². The zero-order valence-corrected chi connectivity index (χ0v) is 9.04. The number of carbonyl (C=O) groups excluding carboxylic acids is 1. The molecule has 3 heteroatoms. The number of nitrogens with zero attached hydrogens (tertiary/aromatic N) is 1. The molecular formula is C12H18N2O. The van der Waals surface area contributed by atoms with Gasteiger partial charge in [-0.15, -0.1) is 0 Å². The molecule has 0 bridgehead atoms. The molecule has 82 valence electrons. The van der Waals surface area contributed by atoms with E-state index in [0.29, 0.717) is 5.92 Å². The smallest absolute Gasteiger partial charge is 0.224 e. The van der Waals surface area contributed by atoms with Crippen molar-refractivity contribution in [2.75, 3.05) is 0 Å². The first-order valence-corrected chi connectivity index (χ1v) is 6.01. The van der Waals surface area contributed by atoms with E-state index in [1.165, 1.54) is 19.3 Å². The number of hydrogen-bond donors (Lipinski definition) is 1. The number of amides is 1. The lowest BCUT2D eigenvalue weighted by atomic mass is 9.88. The molecule has 3 nitrogen and oxygen atoms in total. The molecule has 0 aliphatic heterocycles. The Balaban J connectivity index is 1.82. The Morgan fingerprint density at radius 3 is 2.40 bits per heavy atom. The van der Waals surface area contributed by atoms with E-state index in [2.05, 4.69) is 11.4 Å². The quantitative estimate of drug-likeness (QED) is 0.767. The Kier molecular flexibility index (Phi) is 3.25. The fourth-order valence-corrected chi connectivity index (χ4v) is 2.32. The fraction of sp³-hybridized carbons (Fsp3) is 0.833. The van der Waals surface area contributed by atoms with Gasteiger partial charge in [-0.25, -0.2) is 0 Å². The molecule has 1 N–H and O–H groups in total. The van der Waals surface area contributed by atoms with Crippen LogP contribution in [0.25, 0.3) is 0 Å². The van der Waals surface area contributed by atoms with Crippen molar-refractivity contribution in [1.29, 1.82) is 5.26 Å². The summed E-state index contributed by atoms with van der Waals surface area (Å²) in [6.45, 7) is 0. The van der Waals surface area contributed by atoms with Crippen molar-refractivity contribution in [3.8, 4) is 6.07 Å². The molecule has 2 aliphatic carbocycles. The van der Waals surface area contributed by atoms with Crippen molar-refractivity contribution >= 4 is 5.91 Å². The summed E-state index contributed by atoms with van der Waals surface area (Å²) in [5.41, 5.74) is 0. The van der Waals surface area contributed by atoms with Crippen LogP contribution in [0.2, 0.25) is 0 Å². The van der Waals surface area contributed by atoms with Crippen LogP contribution in [-0.4, -0.2) is 11.9 Å². The van der Waals surface area contributed by atoms with Gasteiger partial charge >= 0.3 is 0 Å². The van der Waals surface area contributed by atoms with Crippen LogP contribution < -0.4 is 5.32 Å². The zero-order chi connectivity index (χ0) is 10.7. The third kappa shape index (κ3) is 2.71. The molecule has 0 saturated heterocycles. The largest absolute Gasteiger partial charge is 0.340 e. The van der Waals surface area contributed by atoms with Gasteiger partial charge in [-0.2, -0.15) is 5.26 Å². The second-order valence-electron chi connectivity index (χ2n) is 4.79. The lowest BCUT2D eigenvalue weighted by molar-refractivity contribution is -0.126. The molecule has 0 aromatic rings. The summed E-state index contributed by atoms with van der Waals surface area (Å²) in [5, 5.41) is 11.8. The standard InChI is InChI=1S/C12H18N2O/c13-8-11(9-6-7-9)14-12(15)10-4-2-1-3-5-10/h9-11H,1-7H2,(H,14,15). The summed E-state index contributed by atoms with van der Waals surface area (Å²) in [7, 11) is 0. The minimum Gasteiger partial charge on any atom is -0.340 e. The maximum Gasteiger partial charge on any atom is 0.224 e. The minimum absolute atomic E-state index is 0.119. The van der Waals surface area contributed by atoms with Gasteiger partial charge in [0, 0.05) is 5.92 Å². The van der Waals surface area contributed by atoms with Crippen LogP contribution in [0, 0.1) is 23.2 Å². The fourth-order valence-electron chi connectivity index (χ4n) is 2.32. The highest BCUT2D eigenvalue weighted by molar-refractivity contribution is 5.79. The van der Waals surface area contributed by atoms with Crippen molar-refractivity contribution in [2.45, 2.75) is 51.0 Å². The predicted octanol–water partition coefficient (Wildman–Crippen LogP) is 1.99. The van der Waals surface area contributed by atoms with Crippen molar-refractivity contribution < 1.29 is 4.79 Å². The Labute approximate surface area is 90.8 Å². The zero-order valence-electron chi connectivity index (χ0n) is 9.04. The molecule has 2 aliphatic rings. The molecule has 0 spiro atoms. The second-order valence-corrected chi connectivity index (χ2v) is 4.79. The summed E-state index contributed by atoms with van der Waals surface area (Å²) >= 11 is 0. The molecule has 1 unspecified atom stereocenters. The van der Waals surface area contributed by atoms with E-state index in [1.807, 2.05) is 0 Å². The van der Waals surface area contributed by atoms with Crippen LogP contribution in [0.1, 0.15) is 44.9 Å². The van der Waals surface area contributed by atoms with E-state index in [0.717, 1.165) is 25.7 Å². The predicted molar refractivity (Wildman–Crippen MR) is 56.8 cm³/mol. The van der Waals surface area contributed by atoms with E-state index < -0.39 is 0 Å². The van der Waals surface area contributed by atoms with Crippen LogP contribution in [0.5, 0.6) is 0 Å². The number of nitrogens with one attached hydrogen (secondary N) is 1. The molecule has 0 radical (unpaired) electrons. The van der Waals surface area contributed by atoms with Gasteiger partial charge in [-0.3, -0.25) is 4.79 Å². The van der Waals surface area contributed by atoms with E-state index in [1.54, 1.807) is 0 Å². The highest BCUT2D eigenvalue weighted by Crippen LogP contribution is 2.33. The van der Waals surface area contributed by atoms with Gasteiger partial charge in [-0.05, 0) is 31.6 Å². The molecule has 15 heavy (non-hydrogen) atoms. The third-order valence-electron chi connectivity index (χ3n) is 3.51. The highest BCUT2D eigenvalue weighted by atomic mass is 16.1. The van der Waals surface area contributed by atoms with Crippen LogP contribution in [-0.2, 0) is 4.79 Å². The molecule has 0 aromatic carbocycles. The molecule has 2 fully saturated rings. The third-order valence-corrected chi connectivity index (χ3v) is 3.51. The second kappa shape index (κ2) is 4.65. The van der Waals surface area contributed by atoms with Crippen molar-refractivity contribution in [3.63, 3.8) is 0 Å². The summed E-state index contributed by atoms with van der Waals surface area (Å²) in [6, 6.07) is 1.98. The van der Waals surface area contributed by atoms with Gasteiger partial charge in [0.1, 0.15) is 6.04 Å².